The Bertz CT molecular complexity index is 677. The van der Waals surface area contributed by atoms with Gasteiger partial charge in [-0.05, 0) is 37.3 Å². The number of imide groups is 1. The zero-order valence-corrected chi connectivity index (χ0v) is 12.0. The lowest BCUT2D eigenvalue weighted by molar-refractivity contribution is 0.0585. The maximum atomic E-state index is 12.3. The summed E-state index contributed by atoms with van der Waals surface area (Å²) in [5.74, 6) is -1.15. The van der Waals surface area contributed by atoms with Crippen LogP contribution in [0.15, 0.2) is 24.3 Å². The van der Waals surface area contributed by atoms with Gasteiger partial charge in [-0.25, -0.2) is 0 Å². The standard InChI is InChI=1S/C14H15NO5S/c16-13-11-3-1-2-4-12(11)14(17)15(13)10-6-5-9(7-10)8-21(18,19)20/h1-4,9-10H,5-8H2,(H,18,19,20). The second-order valence-corrected chi connectivity index (χ2v) is 7.10. The monoisotopic (exact) mass is 309 g/mol. The minimum atomic E-state index is -4.02. The van der Waals surface area contributed by atoms with E-state index in [0.717, 1.165) is 0 Å². The number of benzene rings is 1. The highest BCUT2D eigenvalue weighted by atomic mass is 32.2. The topological polar surface area (TPSA) is 91.8 Å². The van der Waals surface area contributed by atoms with Crippen molar-refractivity contribution in [3.8, 4) is 0 Å². The number of nitrogens with zero attached hydrogens (tertiary/aromatic N) is 1. The van der Waals surface area contributed by atoms with Crippen LogP contribution in [0.25, 0.3) is 0 Å². The molecule has 1 saturated carbocycles. The van der Waals surface area contributed by atoms with E-state index in [2.05, 4.69) is 0 Å². The molecule has 2 unspecified atom stereocenters. The molecule has 112 valence electrons. The van der Waals surface area contributed by atoms with E-state index in [4.69, 9.17) is 4.55 Å². The molecule has 7 heteroatoms. The zero-order valence-electron chi connectivity index (χ0n) is 11.2. The van der Waals surface area contributed by atoms with Crippen LogP contribution in [0.2, 0.25) is 0 Å². The predicted octanol–water partition coefficient (Wildman–Crippen LogP) is 1.34. The van der Waals surface area contributed by atoms with Crippen LogP contribution >= 0.6 is 0 Å². The Hall–Kier alpha value is -1.73. The molecule has 1 aliphatic carbocycles. The molecule has 1 aromatic rings. The van der Waals surface area contributed by atoms with Crippen LogP contribution in [0.4, 0.5) is 0 Å². The lowest BCUT2D eigenvalue weighted by Gasteiger charge is -2.22. The van der Waals surface area contributed by atoms with Crippen LogP contribution in [0.5, 0.6) is 0 Å². The second kappa shape index (κ2) is 4.92. The largest absolute Gasteiger partial charge is 0.286 e. The molecule has 0 spiro atoms. The summed E-state index contributed by atoms with van der Waals surface area (Å²) in [6, 6.07) is 6.39. The first kappa shape index (κ1) is 14.2. The van der Waals surface area contributed by atoms with Gasteiger partial charge in [0.15, 0.2) is 0 Å². The zero-order chi connectivity index (χ0) is 15.2. The molecule has 3 rings (SSSR count). The Morgan fingerprint density at radius 3 is 2.19 bits per heavy atom. The van der Waals surface area contributed by atoms with Crippen molar-refractivity contribution < 1.29 is 22.6 Å². The summed E-state index contributed by atoms with van der Waals surface area (Å²) < 4.78 is 30.8. The number of rotatable bonds is 3. The molecule has 21 heavy (non-hydrogen) atoms. The summed E-state index contributed by atoms with van der Waals surface area (Å²) >= 11 is 0. The molecule has 0 saturated heterocycles. The number of fused-ring (bicyclic) bond motifs is 1. The molecule has 0 bridgehead atoms. The highest BCUT2D eigenvalue weighted by Gasteiger charge is 2.42. The third-order valence-electron chi connectivity index (χ3n) is 4.15. The lowest BCUT2D eigenvalue weighted by Crippen LogP contribution is -2.38. The van der Waals surface area contributed by atoms with Crippen molar-refractivity contribution >= 4 is 21.9 Å². The van der Waals surface area contributed by atoms with Gasteiger partial charge in [0.1, 0.15) is 0 Å². The van der Waals surface area contributed by atoms with E-state index < -0.39 is 10.1 Å². The van der Waals surface area contributed by atoms with E-state index in [9.17, 15) is 18.0 Å². The van der Waals surface area contributed by atoms with Crippen molar-refractivity contribution in [3.63, 3.8) is 0 Å². The Balaban J connectivity index is 1.78. The van der Waals surface area contributed by atoms with E-state index in [1.165, 1.54) is 4.90 Å². The first-order valence-electron chi connectivity index (χ1n) is 6.79. The molecule has 2 amide bonds. The molecule has 2 atom stereocenters. The van der Waals surface area contributed by atoms with Crippen LogP contribution in [-0.2, 0) is 10.1 Å². The molecule has 0 radical (unpaired) electrons. The van der Waals surface area contributed by atoms with Crippen molar-refractivity contribution in [1.82, 2.24) is 4.90 Å². The van der Waals surface area contributed by atoms with Gasteiger partial charge < -0.3 is 0 Å². The molecular weight excluding hydrogens is 294 g/mol. The Labute approximate surface area is 122 Å². The molecule has 1 fully saturated rings. The number of hydrogen-bond donors (Lipinski definition) is 1. The van der Waals surface area contributed by atoms with E-state index in [1.807, 2.05) is 0 Å². The molecule has 1 aliphatic heterocycles. The van der Waals surface area contributed by atoms with Gasteiger partial charge in [-0.2, -0.15) is 8.42 Å². The van der Waals surface area contributed by atoms with Crippen molar-refractivity contribution in [2.24, 2.45) is 5.92 Å². The van der Waals surface area contributed by atoms with Crippen molar-refractivity contribution in [3.05, 3.63) is 35.4 Å². The highest BCUT2D eigenvalue weighted by molar-refractivity contribution is 7.85. The van der Waals surface area contributed by atoms with Crippen molar-refractivity contribution in [1.29, 1.82) is 0 Å². The van der Waals surface area contributed by atoms with Gasteiger partial charge in [0, 0.05) is 6.04 Å². The Morgan fingerprint density at radius 2 is 1.67 bits per heavy atom. The number of amides is 2. The van der Waals surface area contributed by atoms with Gasteiger partial charge in [0.05, 0.1) is 16.9 Å². The quantitative estimate of drug-likeness (QED) is 0.672. The maximum Gasteiger partial charge on any atom is 0.265 e. The van der Waals surface area contributed by atoms with Crippen LogP contribution < -0.4 is 0 Å². The Kier molecular flexibility index (Phi) is 3.33. The van der Waals surface area contributed by atoms with Gasteiger partial charge >= 0.3 is 0 Å². The fourth-order valence-electron chi connectivity index (χ4n) is 3.27. The normalized spacial score (nSPS) is 25.5. The first-order chi connectivity index (χ1) is 9.87. The van der Waals surface area contributed by atoms with Crippen LogP contribution in [0.1, 0.15) is 40.0 Å². The molecular formula is C14H15NO5S. The molecule has 2 aliphatic rings. The summed E-state index contributed by atoms with van der Waals surface area (Å²) in [6.07, 6.45) is 1.58. The van der Waals surface area contributed by atoms with E-state index in [0.29, 0.717) is 30.4 Å². The third kappa shape index (κ3) is 2.58. The fraction of sp³-hybridized carbons (Fsp3) is 0.429. The Morgan fingerprint density at radius 1 is 1.10 bits per heavy atom. The smallest absolute Gasteiger partial charge is 0.265 e. The van der Waals surface area contributed by atoms with Gasteiger partial charge in [0.2, 0.25) is 0 Å². The minimum Gasteiger partial charge on any atom is -0.286 e. The first-order valence-corrected chi connectivity index (χ1v) is 8.40. The van der Waals surface area contributed by atoms with Crippen molar-refractivity contribution in [2.45, 2.75) is 25.3 Å². The van der Waals surface area contributed by atoms with Crippen LogP contribution in [-0.4, -0.2) is 41.5 Å². The molecule has 6 nitrogen and oxygen atoms in total. The summed E-state index contributed by atoms with van der Waals surface area (Å²) in [5, 5.41) is 0. The van der Waals surface area contributed by atoms with E-state index >= 15 is 0 Å². The summed E-state index contributed by atoms with van der Waals surface area (Å²) in [6.45, 7) is 0. The summed E-state index contributed by atoms with van der Waals surface area (Å²) in [7, 11) is -4.02. The average Bonchev–Trinajstić information content (AvgIpc) is 2.93. The van der Waals surface area contributed by atoms with Crippen LogP contribution in [0.3, 0.4) is 0 Å². The van der Waals surface area contributed by atoms with Gasteiger partial charge in [-0.15, -0.1) is 0 Å². The molecule has 1 aromatic carbocycles. The second-order valence-electron chi connectivity index (χ2n) is 5.61. The fourth-order valence-corrected chi connectivity index (χ4v) is 4.17. The number of carbonyl (C=O) groups excluding carboxylic acids is 2. The highest BCUT2D eigenvalue weighted by Crippen LogP contribution is 2.35. The maximum absolute atomic E-state index is 12.3. The van der Waals surface area contributed by atoms with Gasteiger partial charge in [-0.1, -0.05) is 12.1 Å². The summed E-state index contributed by atoms with van der Waals surface area (Å²) in [5.41, 5.74) is 0.807. The number of hydrogen-bond acceptors (Lipinski definition) is 4. The lowest BCUT2D eigenvalue weighted by atomic mass is 10.1. The van der Waals surface area contributed by atoms with E-state index in [-0.39, 0.29) is 29.5 Å². The molecule has 1 N–H and O–H groups in total. The van der Waals surface area contributed by atoms with E-state index in [1.54, 1.807) is 24.3 Å². The van der Waals surface area contributed by atoms with Crippen LogP contribution in [0, 0.1) is 5.92 Å². The minimum absolute atomic E-state index is 0.214. The summed E-state index contributed by atoms with van der Waals surface area (Å²) in [4.78, 5) is 25.9. The van der Waals surface area contributed by atoms with Crippen molar-refractivity contribution in [2.75, 3.05) is 5.75 Å². The molecule has 1 heterocycles. The predicted molar refractivity (Wildman–Crippen MR) is 74.5 cm³/mol. The number of carbonyl (C=O) groups is 2. The SMILES string of the molecule is O=C1c2ccccc2C(=O)N1C1CCC(CS(=O)(=O)O)C1. The van der Waals surface area contributed by atoms with Gasteiger partial charge in [-0.3, -0.25) is 19.0 Å². The molecule has 0 aromatic heterocycles. The third-order valence-corrected chi connectivity index (χ3v) is 5.04. The average molecular weight is 309 g/mol. The van der Waals surface area contributed by atoms with Gasteiger partial charge in [0.25, 0.3) is 21.9 Å².